The lowest BCUT2D eigenvalue weighted by atomic mass is 10.2. The molecule has 0 aliphatic heterocycles. The summed E-state index contributed by atoms with van der Waals surface area (Å²) in [5.41, 5.74) is 6.71. The van der Waals surface area contributed by atoms with Gasteiger partial charge in [-0.1, -0.05) is 29.3 Å². The largest absolute Gasteiger partial charge is 0.398 e. The van der Waals surface area contributed by atoms with Gasteiger partial charge >= 0.3 is 0 Å². The van der Waals surface area contributed by atoms with Gasteiger partial charge in [0.25, 0.3) is 10.0 Å². The van der Waals surface area contributed by atoms with Crippen LogP contribution in [0.25, 0.3) is 0 Å². The van der Waals surface area contributed by atoms with Crippen molar-refractivity contribution >= 4 is 44.6 Å². The number of nitrogen functional groups attached to an aromatic ring is 1. The first kappa shape index (κ1) is 15.9. The molecule has 0 saturated heterocycles. The predicted octanol–water partition coefficient (Wildman–Crippen LogP) is 3.82. The van der Waals surface area contributed by atoms with E-state index >= 15 is 0 Å². The van der Waals surface area contributed by atoms with Crippen molar-refractivity contribution in [3.63, 3.8) is 0 Å². The van der Waals surface area contributed by atoms with Gasteiger partial charge in [-0.2, -0.15) is 0 Å². The van der Waals surface area contributed by atoms with E-state index in [0.29, 0.717) is 5.69 Å². The molecule has 0 fully saturated rings. The zero-order chi connectivity index (χ0) is 15.8. The first-order chi connectivity index (χ1) is 9.70. The smallest absolute Gasteiger partial charge is 0.262 e. The second-order valence-corrected chi connectivity index (χ2v) is 6.87. The molecule has 0 amide bonds. The molecule has 21 heavy (non-hydrogen) atoms. The van der Waals surface area contributed by atoms with Gasteiger partial charge < -0.3 is 5.73 Å². The Morgan fingerprint density at radius 1 is 1.14 bits per heavy atom. The lowest BCUT2D eigenvalue weighted by molar-refractivity contribution is 0.601. The molecule has 3 N–H and O–H groups in total. The summed E-state index contributed by atoms with van der Waals surface area (Å²) in [6, 6.07) is 6.24. The fourth-order valence-electron chi connectivity index (χ4n) is 1.62. The zero-order valence-corrected chi connectivity index (χ0v) is 13.2. The van der Waals surface area contributed by atoms with Crippen LogP contribution < -0.4 is 10.5 Å². The van der Waals surface area contributed by atoms with Crippen molar-refractivity contribution in [1.82, 2.24) is 0 Å². The Labute approximate surface area is 131 Å². The van der Waals surface area contributed by atoms with Crippen molar-refractivity contribution in [3.05, 3.63) is 51.8 Å². The lowest BCUT2D eigenvalue weighted by Crippen LogP contribution is -2.14. The molecular formula is C13H11Cl2FN2O2S. The van der Waals surface area contributed by atoms with Crippen molar-refractivity contribution in [2.24, 2.45) is 0 Å². The Bertz CT molecular complexity index is 787. The van der Waals surface area contributed by atoms with Gasteiger partial charge in [0.15, 0.2) is 0 Å². The third-order valence-corrected chi connectivity index (χ3v) is 4.75. The van der Waals surface area contributed by atoms with E-state index in [-0.39, 0.29) is 20.6 Å². The minimum absolute atomic E-state index is 0.0398. The van der Waals surface area contributed by atoms with E-state index < -0.39 is 15.8 Å². The molecule has 2 rings (SSSR count). The first-order valence-corrected chi connectivity index (χ1v) is 7.98. The number of aryl methyl sites for hydroxylation is 1. The van der Waals surface area contributed by atoms with Crippen molar-refractivity contribution in [2.75, 3.05) is 10.5 Å². The van der Waals surface area contributed by atoms with Crippen LogP contribution in [-0.4, -0.2) is 8.42 Å². The topological polar surface area (TPSA) is 72.2 Å². The van der Waals surface area contributed by atoms with Crippen LogP contribution in [-0.2, 0) is 10.0 Å². The SMILES string of the molecule is Cc1ccc(S(=O)(=O)Nc2c(Cl)cc(F)cc2Cl)cc1N. The second-order valence-electron chi connectivity index (χ2n) is 4.37. The van der Waals surface area contributed by atoms with Crippen molar-refractivity contribution in [3.8, 4) is 0 Å². The molecule has 0 saturated carbocycles. The van der Waals surface area contributed by atoms with Gasteiger partial charge in [0, 0.05) is 5.69 Å². The summed E-state index contributed by atoms with van der Waals surface area (Å²) in [6.07, 6.45) is 0. The molecule has 0 aromatic heterocycles. The van der Waals surface area contributed by atoms with Gasteiger partial charge in [0.05, 0.1) is 20.6 Å². The van der Waals surface area contributed by atoms with Crippen LogP contribution in [0.3, 0.4) is 0 Å². The fourth-order valence-corrected chi connectivity index (χ4v) is 3.42. The van der Waals surface area contributed by atoms with Crippen LogP contribution in [0.4, 0.5) is 15.8 Å². The molecule has 0 aliphatic rings. The van der Waals surface area contributed by atoms with E-state index in [1.165, 1.54) is 12.1 Å². The van der Waals surface area contributed by atoms with Crippen LogP contribution in [0.2, 0.25) is 10.0 Å². The summed E-state index contributed by atoms with van der Waals surface area (Å²) in [4.78, 5) is -0.0398. The fraction of sp³-hybridized carbons (Fsp3) is 0.0769. The second kappa shape index (κ2) is 5.71. The maximum Gasteiger partial charge on any atom is 0.262 e. The first-order valence-electron chi connectivity index (χ1n) is 5.74. The Hall–Kier alpha value is -1.50. The van der Waals surface area contributed by atoms with Crippen LogP contribution in [0.5, 0.6) is 0 Å². The minimum atomic E-state index is -3.93. The normalized spacial score (nSPS) is 11.4. The molecule has 0 aliphatic carbocycles. The van der Waals surface area contributed by atoms with E-state index in [4.69, 9.17) is 28.9 Å². The Morgan fingerprint density at radius 3 is 2.24 bits per heavy atom. The predicted molar refractivity (Wildman–Crippen MR) is 82.8 cm³/mol. The lowest BCUT2D eigenvalue weighted by Gasteiger charge is -2.12. The van der Waals surface area contributed by atoms with Crippen molar-refractivity contribution in [1.29, 1.82) is 0 Å². The Morgan fingerprint density at radius 2 is 1.71 bits per heavy atom. The molecule has 0 atom stereocenters. The van der Waals surface area contributed by atoms with Gasteiger partial charge in [0.2, 0.25) is 0 Å². The number of halogens is 3. The number of anilines is 2. The van der Waals surface area contributed by atoms with Gasteiger partial charge in [-0.05, 0) is 36.8 Å². The summed E-state index contributed by atoms with van der Waals surface area (Å²) in [5, 5.41) is -0.271. The quantitative estimate of drug-likeness (QED) is 0.828. The number of rotatable bonds is 3. The number of nitrogens with one attached hydrogen (secondary N) is 1. The molecule has 0 bridgehead atoms. The highest BCUT2D eigenvalue weighted by Crippen LogP contribution is 2.33. The molecule has 8 heteroatoms. The average molecular weight is 349 g/mol. The summed E-state index contributed by atoms with van der Waals surface area (Å²) in [7, 11) is -3.93. The van der Waals surface area contributed by atoms with Gasteiger partial charge in [0.1, 0.15) is 5.82 Å². The van der Waals surface area contributed by atoms with Crippen molar-refractivity contribution < 1.29 is 12.8 Å². The molecular weight excluding hydrogens is 338 g/mol. The number of nitrogens with two attached hydrogens (primary N) is 1. The van der Waals surface area contributed by atoms with Gasteiger partial charge in [-0.3, -0.25) is 4.72 Å². The molecule has 0 unspecified atom stereocenters. The minimum Gasteiger partial charge on any atom is -0.398 e. The Kier molecular flexibility index (Phi) is 4.32. The third kappa shape index (κ3) is 3.40. The van der Waals surface area contributed by atoms with E-state index in [0.717, 1.165) is 17.7 Å². The maximum atomic E-state index is 13.1. The van der Waals surface area contributed by atoms with Gasteiger partial charge in [-0.15, -0.1) is 0 Å². The molecule has 0 radical (unpaired) electrons. The Balaban J connectivity index is 2.44. The summed E-state index contributed by atoms with van der Waals surface area (Å²) in [6.45, 7) is 1.76. The van der Waals surface area contributed by atoms with Crippen LogP contribution in [0.1, 0.15) is 5.56 Å². The highest BCUT2D eigenvalue weighted by Gasteiger charge is 2.19. The molecule has 2 aromatic rings. The van der Waals surface area contributed by atoms with E-state index in [1.54, 1.807) is 13.0 Å². The summed E-state index contributed by atoms with van der Waals surface area (Å²) in [5.74, 6) is -0.660. The highest BCUT2D eigenvalue weighted by atomic mass is 35.5. The average Bonchev–Trinajstić information content (AvgIpc) is 2.37. The van der Waals surface area contributed by atoms with E-state index in [2.05, 4.69) is 4.72 Å². The number of hydrogen-bond donors (Lipinski definition) is 2. The third-order valence-electron chi connectivity index (χ3n) is 2.80. The number of sulfonamides is 1. The standard InChI is InChI=1S/C13H11Cl2FN2O2S/c1-7-2-3-9(6-12(7)17)21(19,20)18-13-10(14)4-8(16)5-11(13)15/h2-6,18H,17H2,1H3. The monoisotopic (exact) mass is 348 g/mol. The molecule has 4 nitrogen and oxygen atoms in total. The zero-order valence-electron chi connectivity index (χ0n) is 10.8. The molecule has 0 heterocycles. The maximum absolute atomic E-state index is 13.1. The van der Waals surface area contributed by atoms with E-state index in [1.807, 2.05) is 0 Å². The molecule has 112 valence electrons. The highest BCUT2D eigenvalue weighted by molar-refractivity contribution is 7.92. The molecule has 2 aromatic carbocycles. The number of hydrogen-bond acceptors (Lipinski definition) is 3. The van der Waals surface area contributed by atoms with E-state index in [9.17, 15) is 12.8 Å². The van der Waals surface area contributed by atoms with Crippen LogP contribution >= 0.6 is 23.2 Å². The van der Waals surface area contributed by atoms with Crippen LogP contribution in [0.15, 0.2) is 35.2 Å². The molecule has 0 spiro atoms. The van der Waals surface area contributed by atoms with Crippen LogP contribution in [0, 0.1) is 12.7 Å². The van der Waals surface area contributed by atoms with Crippen molar-refractivity contribution in [2.45, 2.75) is 11.8 Å². The number of benzene rings is 2. The van der Waals surface area contributed by atoms with Gasteiger partial charge in [-0.25, -0.2) is 12.8 Å². The summed E-state index contributed by atoms with van der Waals surface area (Å²) < 4.78 is 39.9. The summed E-state index contributed by atoms with van der Waals surface area (Å²) >= 11 is 11.6.